The number of likely N-dealkylation sites (N-methyl/N-ethyl adjacent to an activating group) is 1. The van der Waals surface area contributed by atoms with Crippen LogP contribution in [0.3, 0.4) is 0 Å². The largest absolute Gasteiger partial charge is 0.368 e. The number of amides is 3. The number of rotatable bonds is 6. The molecule has 0 radical (unpaired) electrons. The summed E-state index contributed by atoms with van der Waals surface area (Å²) in [5, 5.41) is 3.03. The summed E-state index contributed by atoms with van der Waals surface area (Å²) in [6.07, 6.45) is 0.341. The molecule has 2 fully saturated rings. The number of carbonyl (C=O) groups is 3. The van der Waals surface area contributed by atoms with Crippen LogP contribution in [0.25, 0.3) is 0 Å². The van der Waals surface area contributed by atoms with E-state index < -0.39 is 11.4 Å². The third-order valence-electron chi connectivity index (χ3n) is 4.84. The first-order valence-corrected chi connectivity index (χ1v) is 7.07. The number of likely N-dealkylation sites (tertiary alicyclic amines) is 1. The molecule has 0 spiro atoms. The molecule has 20 heavy (non-hydrogen) atoms. The zero-order valence-corrected chi connectivity index (χ0v) is 12.5. The predicted molar refractivity (Wildman–Crippen MR) is 73.4 cm³/mol. The molecule has 1 heterocycles. The Morgan fingerprint density at radius 3 is 2.25 bits per heavy atom. The van der Waals surface area contributed by atoms with Gasteiger partial charge in [-0.25, -0.2) is 0 Å². The van der Waals surface area contributed by atoms with Gasteiger partial charge in [-0.15, -0.1) is 0 Å². The Kier molecular flexibility index (Phi) is 3.40. The molecule has 3 unspecified atom stereocenters. The van der Waals surface area contributed by atoms with Gasteiger partial charge < -0.3 is 11.1 Å². The Morgan fingerprint density at radius 2 is 1.85 bits per heavy atom. The topological polar surface area (TPSA) is 92.5 Å². The molecule has 3 amide bonds. The standard InChI is InChI=1S/C14H23N3O3/c1-5-16-14(4,12(15)20)6-7-17-10(18)8-9(11(17)19)13(8,2)3/h8-9,16H,5-7H2,1-4H3,(H2,15,20). The zero-order valence-electron chi connectivity index (χ0n) is 12.5. The van der Waals surface area contributed by atoms with Crippen LogP contribution in [0, 0.1) is 17.3 Å². The van der Waals surface area contributed by atoms with E-state index in [0.717, 1.165) is 0 Å². The van der Waals surface area contributed by atoms with Crippen molar-refractivity contribution in [1.29, 1.82) is 0 Å². The number of nitrogens with two attached hydrogens (primary N) is 1. The van der Waals surface area contributed by atoms with Crippen molar-refractivity contribution in [1.82, 2.24) is 10.2 Å². The van der Waals surface area contributed by atoms with E-state index in [1.807, 2.05) is 20.8 Å². The molecular weight excluding hydrogens is 258 g/mol. The van der Waals surface area contributed by atoms with Gasteiger partial charge in [-0.3, -0.25) is 19.3 Å². The lowest BCUT2D eigenvalue weighted by Gasteiger charge is -2.29. The Hall–Kier alpha value is -1.43. The van der Waals surface area contributed by atoms with Crippen molar-refractivity contribution >= 4 is 17.7 Å². The van der Waals surface area contributed by atoms with Gasteiger partial charge in [-0.2, -0.15) is 0 Å². The van der Waals surface area contributed by atoms with Gasteiger partial charge >= 0.3 is 0 Å². The predicted octanol–water partition coefficient (Wildman–Crippen LogP) is -0.129. The van der Waals surface area contributed by atoms with Gasteiger partial charge in [0.25, 0.3) is 0 Å². The number of hydrogen-bond acceptors (Lipinski definition) is 4. The first kappa shape index (κ1) is 15.0. The molecule has 0 aromatic carbocycles. The summed E-state index contributed by atoms with van der Waals surface area (Å²) in [7, 11) is 0. The van der Waals surface area contributed by atoms with Gasteiger partial charge in [-0.1, -0.05) is 20.8 Å². The van der Waals surface area contributed by atoms with E-state index in [1.165, 1.54) is 4.90 Å². The fourth-order valence-electron chi connectivity index (χ4n) is 3.25. The van der Waals surface area contributed by atoms with Crippen LogP contribution in [0.5, 0.6) is 0 Å². The van der Waals surface area contributed by atoms with E-state index in [1.54, 1.807) is 6.92 Å². The van der Waals surface area contributed by atoms with Gasteiger partial charge in [0.15, 0.2) is 0 Å². The molecule has 1 aliphatic heterocycles. The molecule has 2 rings (SSSR count). The lowest BCUT2D eigenvalue weighted by atomic mass is 9.96. The van der Waals surface area contributed by atoms with Crippen molar-refractivity contribution in [3.05, 3.63) is 0 Å². The maximum absolute atomic E-state index is 12.2. The van der Waals surface area contributed by atoms with Crippen molar-refractivity contribution in [2.75, 3.05) is 13.1 Å². The average Bonchev–Trinajstić information content (AvgIpc) is 2.80. The van der Waals surface area contributed by atoms with Gasteiger partial charge in [0.1, 0.15) is 0 Å². The van der Waals surface area contributed by atoms with Gasteiger partial charge in [-0.05, 0) is 25.3 Å². The summed E-state index contributed by atoms with van der Waals surface area (Å²) in [4.78, 5) is 37.2. The summed E-state index contributed by atoms with van der Waals surface area (Å²) < 4.78 is 0. The number of carbonyl (C=O) groups excluding carboxylic acids is 3. The molecule has 112 valence electrons. The van der Waals surface area contributed by atoms with Crippen LogP contribution in [0.1, 0.15) is 34.1 Å². The second-order valence-corrected chi connectivity index (χ2v) is 6.58. The average molecular weight is 281 g/mol. The first-order valence-electron chi connectivity index (χ1n) is 7.07. The van der Waals surface area contributed by atoms with Crippen molar-refractivity contribution in [3.63, 3.8) is 0 Å². The maximum atomic E-state index is 12.2. The molecule has 3 N–H and O–H groups in total. The number of primary amides is 1. The van der Waals surface area contributed by atoms with Crippen LogP contribution in [-0.4, -0.2) is 41.2 Å². The molecule has 3 atom stereocenters. The number of hydrogen-bond donors (Lipinski definition) is 2. The monoisotopic (exact) mass is 281 g/mol. The lowest BCUT2D eigenvalue weighted by molar-refractivity contribution is -0.144. The van der Waals surface area contributed by atoms with Gasteiger partial charge in [0.2, 0.25) is 17.7 Å². The minimum Gasteiger partial charge on any atom is -0.368 e. The minimum atomic E-state index is -0.891. The SMILES string of the molecule is CCNC(C)(CCN1C(=O)C2C(C1=O)C2(C)C)C(N)=O. The third-order valence-corrected chi connectivity index (χ3v) is 4.84. The van der Waals surface area contributed by atoms with Crippen molar-refractivity contribution in [3.8, 4) is 0 Å². The normalized spacial score (nSPS) is 30.1. The fourth-order valence-corrected chi connectivity index (χ4v) is 3.25. The fraction of sp³-hybridized carbons (Fsp3) is 0.786. The second-order valence-electron chi connectivity index (χ2n) is 6.58. The molecule has 1 saturated heterocycles. The molecule has 6 nitrogen and oxygen atoms in total. The van der Waals surface area contributed by atoms with Crippen molar-refractivity contribution < 1.29 is 14.4 Å². The maximum Gasteiger partial charge on any atom is 0.237 e. The van der Waals surface area contributed by atoms with Crippen LogP contribution in [-0.2, 0) is 14.4 Å². The summed E-state index contributed by atoms with van der Waals surface area (Å²) in [6.45, 7) is 8.32. The summed E-state index contributed by atoms with van der Waals surface area (Å²) in [6, 6.07) is 0. The molecular formula is C14H23N3O3. The van der Waals surface area contributed by atoms with E-state index in [4.69, 9.17) is 5.73 Å². The van der Waals surface area contributed by atoms with Crippen LogP contribution in [0.2, 0.25) is 0 Å². The Labute approximate surface area is 119 Å². The van der Waals surface area contributed by atoms with Gasteiger partial charge in [0.05, 0.1) is 17.4 Å². The Balaban J connectivity index is 2.01. The van der Waals surface area contributed by atoms with Crippen LogP contribution in [0.4, 0.5) is 0 Å². The lowest BCUT2D eigenvalue weighted by Crippen LogP contribution is -2.55. The highest BCUT2D eigenvalue weighted by Gasteiger charge is 2.72. The number of nitrogens with one attached hydrogen (secondary N) is 1. The zero-order chi connectivity index (χ0) is 15.3. The molecule has 1 saturated carbocycles. The highest BCUT2D eigenvalue weighted by molar-refractivity contribution is 6.10. The van der Waals surface area contributed by atoms with E-state index in [0.29, 0.717) is 13.0 Å². The number of fused-ring (bicyclic) bond motifs is 1. The summed E-state index contributed by atoms with van der Waals surface area (Å²) in [5.41, 5.74) is 4.31. The van der Waals surface area contributed by atoms with Crippen LogP contribution < -0.4 is 11.1 Å². The molecule has 1 aliphatic carbocycles. The number of imide groups is 1. The first-order chi connectivity index (χ1) is 9.16. The van der Waals surface area contributed by atoms with E-state index >= 15 is 0 Å². The van der Waals surface area contributed by atoms with E-state index in [9.17, 15) is 14.4 Å². The van der Waals surface area contributed by atoms with Crippen molar-refractivity contribution in [2.24, 2.45) is 23.0 Å². The molecule has 0 bridgehead atoms. The molecule has 0 aromatic heterocycles. The van der Waals surface area contributed by atoms with Gasteiger partial charge in [0, 0.05) is 6.54 Å². The minimum absolute atomic E-state index is 0.103. The van der Waals surface area contributed by atoms with E-state index in [2.05, 4.69) is 5.32 Å². The summed E-state index contributed by atoms with van der Waals surface area (Å²) in [5.74, 6) is -1.02. The third kappa shape index (κ3) is 2.02. The van der Waals surface area contributed by atoms with Crippen LogP contribution in [0.15, 0.2) is 0 Å². The van der Waals surface area contributed by atoms with Crippen molar-refractivity contribution in [2.45, 2.75) is 39.7 Å². The Bertz CT molecular complexity index is 450. The quantitative estimate of drug-likeness (QED) is 0.663. The molecule has 2 aliphatic rings. The second kappa shape index (κ2) is 4.55. The Morgan fingerprint density at radius 1 is 1.35 bits per heavy atom. The molecule has 0 aromatic rings. The highest BCUT2D eigenvalue weighted by Crippen LogP contribution is 2.63. The smallest absolute Gasteiger partial charge is 0.237 e. The molecule has 6 heteroatoms. The number of nitrogens with zero attached hydrogens (tertiary/aromatic N) is 1. The highest BCUT2D eigenvalue weighted by atomic mass is 16.2. The van der Waals surface area contributed by atoms with E-state index in [-0.39, 0.29) is 35.6 Å². The van der Waals surface area contributed by atoms with Crippen LogP contribution >= 0.6 is 0 Å². The number of piperidine rings is 1. The summed E-state index contributed by atoms with van der Waals surface area (Å²) >= 11 is 0.